The smallest absolute Gasteiger partial charge is 0.267 e. The number of carbonyl (C=O) groups excluding carboxylic acids is 1. The van der Waals surface area contributed by atoms with Crippen molar-refractivity contribution in [1.82, 2.24) is 10.2 Å². The third-order valence-electron chi connectivity index (χ3n) is 3.57. The maximum atomic E-state index is 12.5. The van der Waals surface area contributed by atoms with Gasteiger partial charge in [0.2, 0.25) is 6.10 Å². The van der Waals surface area contributed by atoms with Crippen LogP contribution >= 0.6 is 0 Å². The van der Waals surface area contributed by atoms with Gasteiger partial charge in [0.05, 0.1) is 0 Å². The average Bonchev–Trinajstić information content (AvgIpc) is 2.46. The Kier molecular flexibility index (Phi) is 3.29. The largest absolute Gasteiger partial charge is 0.485 e. The second-order valence-corrected chi connectivity index (χ2v) is 4.95. The molecule has 2 aliphatic rings. The number of fused-ring (bicyclic) bond motifs is 1. The highest BCUT2D eigenvalue weighted by atomic mass is 16.6. The number of hydrogen-bond acceptors (Lipinski definition) is 4. The number of rotatable bonds is 1. The van der Waals surface area contributed by atoms with Crippen LogP contribution in [0.25, 0.3) is 0 Å². The minimum atomic E-state index is -0.532. The van der Waals surface area contributed by atoms with Gasteiger partial charge in [0.25, 0.3) is 5.91 Å². The van der Waals surface area contributed by atoms with Crippen LogP contribution in [0.4, 0.5) is 0 Å². The molecule has 2 atom stereocenters. The molecule has 2 heterocycles. The second-order valence-electron chi connectivity index (χ2n) is 4.95. The van der Waals surface area contributed by atoms with E-state index in [0.717, 1.165) is 19.6 Å². The van der Waals surface area contributed by atoms with Gasteiger partial charge in [-0.15, -0.1) is 0 Å². The summed E-state index contributed by atoms with van der Waals surface area (Å²) in [6.07, 6.45) is -0.532. The minimum absolute atomic E-state index is 0.0171. The number of amides is 1. The van der Waals surface area contributed by atoms with E-state index in [1.807, 2.05) is 36.1 Å². The van der Waals surface area contributed by atoms with Gasteiger partial charge in [0.1, 0.15) is 6.61 Å². The van der Waals surface area contributed by atoms with Crippen LogP contribution < -0.4 is 14.8 Å². The van der Waals surface area contributed by atoms with Crippen molar-refractivity contribution in [2.75, 3.05) is 26.2 Å². The van der Waals surface area contributed by atoms with E-state index in [1.165, 1.54) is 0 Å². The van der Waals surface area contributed by atoms with Gasteiger partial charge >= 0.3 is 0 Å². The third-order valence-corrected chi connectivity index (χ3v) is 3.57. The number of ether oxygens (including phenoxy) is 2. The molecule has 0 radical (unpaired) electrons. The molecule has 0 spiro atoms. The Labute approximate surface area is 112 Å². The van der Waals surface area contributed by atoms with Crippen molar-refractivity contribution < 1.29 is 14.3 Å². The molecule has 1 saturated heterocycles. The molecule has 5 nitrogen and oxygen atoms in total. The zero-order valence-electron chi connectivity index (χ0n) is 11.0. The molecule has 1 fully saturated rings. The van der Waals surface area contributed by atoms with Crippen molar-refractivity contribution >= 4 is 5.91 Å². The van der Waals surface area contributed by atoms with Crippen molar-refractivity contribution in [2.45, 2.75) is 19.1 Å². The van der Waals surface area contributed by atoms with E-state index >= 15 is 0 Å². The lowest BCUT2D eigenvalue weighted by Gasteiger charge is -2.37. The molecule has 2 aliphatic heterocycles. The highest BCUT2D eigenvalue weighted by Crippen LogP contribution is 2.31. The number of piperazine rings is 1. The van der Waals surface area contributed by atoms with E-state index in [0.29, 0.717) is 11.5 Å². The van der Waals surface area contributed by atoms with Crippen LogP contribution in [-0.2, 0) is 4.79 Å². The second kappa shape index (κ2) is 5.09. The van der Waals surface area contributed by atoms with Crippen LogP contribution in [0.5, 0.6) is 11.5 Å². The molecule has 5 heteroatoms. The first kappa shape index (κ1) is 12.3. The van der Waals surface area contributed by atoms with Gasteiger partial charge in [0, 0.05) is 25.7 Å². The number of para-hydroxylation sites is 2. The SMILES string of the molecule is C[C@@H]1CNCCN1C(=O)C1COc2ccccc2O1. The van der Waals surface area contributed by atoms with Gasteiger partial charge in [-0.2, -0.15) is 0 Å². The summed E-state index contributed by atoms with van der Waals surface area (Å²) >= 11 is 0. The van der Waals surface area contributed by atoms with E-state index in [2.05, 4.69) is 5.32 Å². The van der Waals surface area contributed by atoms with Gasteiger partial charge in [0.15, 0.2) is 11.5 Å². The molecule has 0 aromatic heterocycles. The molecular weight excluding hydrogens is 244 g/mol. The lowest BCUT2D eigenvalue weighted by molar-refractivity contribution is -0.144. The molecule has 3 rings (SSSR count). The summed E-state index contributed by atoms with van der Waals surface area (Å²) in [6, 6.07) is 7.65. The Hall–Kier alpha value is -1.75. The van der Waals surface area contributed by atoms with Gasteiger partial charge < -0.3 is 19.7 Å². The van der Waals surface area contributed by atoms with Crippen molar-refractivity contribution in [2.24, 2.45) is 0 Å². The molecular formula is C14H18N2O3. The minimum Gasteiger partial charge on any atom is -0.485 e. The fraction of sp³-hybridized carbons (Fsp3) is 0.500. The summed E-state index contributed by atoms with van der Waals surface area (Å²) in [5, 5.41) is 3.27. The zero-order chi connectivity index (χ0) is 13.2. The lowest BCUT2D eigenvalue weighted by atomic mass is 10.1. The molecule has 1 aromatic carbocycles. The molecule has 1 N–H and O–H groups in total. The number of nitrogens with one attached hydrogen (secondary N) is 1. The first-order valence-electron chi connectivity index (χ1n) is 6.65. The number of nitrogens with zero attached hydrogens (tertiary/aromatic N) is 1. The summed E-state index contributed by atoms with van der Waals surface area (Å²) in [5.41, 5.74) is 0. The van der Waals surface area contributed by atoms with Gasteiger partial charge in [-0.05, 0) is 19.1 Å². The zero-order valence-corrected chi connectivity index (χ0v) is 11.0. The lowest BCUT2D eigenvalue weighted by Crippen LogP contribution is -2.57. The standard InChI is InChI=1S/C14H18N2O3/c1-10-8-15-6-7-16(10)14(17)13-9-18-11-4-2-3-5-12(11)19-13/h2-5,10,13,15H,6-9H2,1H3/t10-,13?/m1/s1. The monoisotopic (exact) mass is 262 g/mol. The van der Waals surface area contributed by atoms with Crippen molar-refractivity contribution in [1.29, 1.82) is 0 Å². The molecule has 0 bridgehead atoms. The van der Waals surface area contributed by atoms with Crippen LogP contribution in [0.3, 0.4) is 0 Å². The van der Waals surface area contributed by atoms with Crippen molar-refractivity contribution in [3.63, 3.8) is 0 Å². The molecule has 1 amide bonds. The average molecular weight is 262 g/mol. The normalized spacial score (nSPS) is 26.1. The maximum Gasteiger partial charge on any atom is 0.267 e. The number of benzene rings is 1. The molecule has 19 heavy (non-hydrogen) atoms. The van der Waals surface area contributed by atoms with Crippen LogP contribution in [0.2, 0.25) is 0 Å². The summed E-state index contributed by atoms with van der Waals surface area (Å²) < 4.78 is 11.4. The summed E-state index contributed by atoms with van der Waals surface area (Å²) in [6.45, 7) is 4.71. The predicted octanol–water partition coefficient (Wildman–Crippen LogP) is 0.647. The predicted molar refractivity (Wildman–Crippen MR) is 70.4 cm³/mol. The summed E-state index contributed by atoms with van der Waals surface area (Å²) in [5.74, 6) is 1.37. The summed E-state index contributed by atoms with van der Waals surface area (Å²) in [7, 11) is 0. The summed E-state index contributed by atoms with van der Waals surface area (Å²) in [4.78, 5) is 14.3. The topological polar surface area (TPSA) is 50.8 Å². The van der Waals surface area contributed by atoms with E-state index in [9.17, 15) is 4.79 Å². The third kappa shape index (κ3) is 2.38. The van der Waals surface area contributed by atoms with Crippen molar-refractivity contribution in [3.05, 3.63) is 24.3 Å². The van der Waals surface area contributed by atoms with Gasteiger partial charge in [-0.3, -0.25) is 4.79 Å². The molecule has 0 saturated carbocycles. The Morgan fingerprint density at radius 2 is 2.16 bits per heavy atom. The van der Waals surface area contributed by atoms with Crippen LogP contribution in [0, 0.1) is 0 Å². The van der Waals surface area contributed by atoms with Gasteiger partial charge in [-0.25, -0.2) is 0 Å². The van der Waals surface area contributed by atoms with Crippen molar-refractivity contribution in [3.8, 4) is 11.5 Å². The van der Waals surface area contributed by atoms with Gasteiger partial charge in [-0.1, -0.05) is 12.1 Å². The molecule has 102 valence electrons. The quantitative estimate of drug-likeness (QED) is 0.807. The highest BCUT2D eigenvalue weighted by Gasteiger charge is 2.33. The number of hydrogen-bond donors (Lipinski definition) is 1. The van der Waals surface area contributed by atoms with E-state index < -0.39 is 6.10 Å². The highest BCUT2D eigenvalue weighted by molar-refractivity contribution is 5.82. The molecule has 1 aromatic rings. The fourth-order valence-corrected chi connectivity index (χ4v) is 2.49. The van der Waals surface area contributed by atoms with E-state index in [1.54, 1.807) is 0 Å². The Morgan fingerprint density at radius 1 is 1.37 bits per heavy atom. The fourth-order valence-electron chi connectivity index (χ4n) is 2.49. The maximum absolute atomic E-state index is 12.5. The Morgan fingerprint density at radius 3 is 2.95 bits per heavy atom. The number of carbonyl (C=O) groups is 1. The Bertz CT molecular complexity index is 478. The van der Waals surface area contributed by atoms with E-state index in [4.69, 9.17) is 9.47 Å². The molecule has 0 aliphatic carbocycles. The van der Waals surface area contributed by atoms with Crippen LogP contribution in [-0.4, -0.2) is 49.2 Å². The first-order chi connectivity index (χ1) is 9.25. The van der Waals surface area contributed by atoms with Crippen LogP contribution in [0.15, 0.2) is 24.3 Å². The van der Waals surface area contributed by atoms with E-state index in [-0.39, 0.29) is 18.6 Å². The van der Waals surface area contributed by atoms with Crippen LogP contribution in [0.1, 0.15) is 6.92 Å². The Balaban J connectivity index is 1.72. The first-order valence-corrected chi connectivity index (χ1v) is 6.65. The molecule has 1 unspecified atom stereocenters.